The Balaban J connectivity index is 2.22. The topological polar surface area (TPSA) is 67.9 Å². The predicted molar refractivity (Wildman–Crippen MR) is 96.2 cm³/mol. The standard InChI is InChI=1S/C19H22N2O4/c1-21(2)19(23)14-8-4-6-10-16(14)20-18(22)15-9-5-7-11-17(15)25-13-12-24-3/h4-11H,12-13H2,1-3H3,(H,20,22). The van der Waals surface area contributed by atoms with Crippen molar-refractivity contribution in [3.05, 3.63) is 59.7 Å². The van der Waals surface area contributed by atoms with Crippen LogP contribution >= 0.6 is 0 Å². The van der Waals surface area contributed by atoms with Crippen LogP contribution in [-0.2, 0) is 4.74 Å². The van der Waals surface area contributed by atoms with Gasteiger partial charge in [-0.1, -0.05) is 24.3 Å². The highest BCUT2D eigenvalue weighted by Gasteiger charge is 2.17. The van der Waals surface area contributed by atoms with Crippen molar-refractivity contribution in [1.29, 1.82) is 0 Å². The summed E-state index contributed by atoms with van der Waals surface area (Å²) in [4.78, 5) is 26.4. The van der Waals surface area contributed by atoms with Gasteiger partial charge in [-0.05, 0) is 24.3 Å². The highest BCUT2D eigenvalue weighted by atomic mass is 16.5. The van der Waals surface area contributed by atoms with Gasteiger partial charge in [0, 0.05) is 21.2 Å². The maximum atomic E-state index is 12.7. The molecule has 25 heavy (non-hydrogen) atoms. The molecular formula is C19H22N2O4. The zero-order valence-electron chi connectivity index (χ0n) is 14.6. The number of nitrogens with one attached hydrogen (secondary N) is 1. The summed E-state index contributed by atoms with van der Waals surface area (Å²) < 4.78 is 10.5. The van der Waals surface area contributed by atoms with Crippen LogP contribution in [-0.4, -0.2) is 51.1 Å². The van der Waals surface area contributed by atoms with Crippen molar-refractivity contribution in [1.82, 2.24) is 4.90 Å². The molecule has 2 rings (SSSR count). The summed E-state index contributed by atoms with van der Waals surface area (Å²) in [5.41, 5.74) is 1.28. The lowest BCUT2D eigenvalue weighted by Gasteiger charge is -2.15. The van der Waals surface area contributed by atoms with Gasteiger partial charge in [0.2, 0.25) is 0 Å². The molecular weight excluding hydrogens is 320 g/mol. The van der Waals surface area contributed by atoms with Gasteiger partial charge < -0.3 is 19.7 Å². The van der Waals surface area contributed by atoms with Gasteiger partial charge in [0.05, 0.1) is 23.4 Å². The zero-order chi connectivity index (χ0) is 18.2. The van der Waals surface area contributed by atoms with Crippen LogP contribution in [0.25, 0.3) is 0 Å². The zero-order valence-corrected chi connectivity index (χ0v) is 14.6. The number of ether oxygens (including phenoxy) is 2. The molecule has 0 heterocycles. The molecule has 0 aromatic heterocycles. The number of hydrogen-bond donors (Lipinski definition) is 1. The molecule has 0 atom stereocenters. The number of hydrogen-bond acceptors (Lipinski definition) is 4. The van der Waals surface area contributed by atoms with Crippen molar-refractivity contribution in [2.24, 2.45) is 0 Å². The lowest BCUT2D eigenvalue weighted by atomic mass is 10.1. The van der Waals surface area contributed by atoms with E-state index in [0.29, 0.717) is 35.8 Å². The van der Waals surface area contributed by atoms with Crippen molar-refractivity contribution < 1.29 is 19.1 Å². The Morgan fingerprint density at radius 1 is 0.960 bits per heavy atom. The smallest absolute Gasteiger partial charge is 0.259 e. The molecule has 0 fully saturated rings. The van der Waals surface area contributed by atoms with Crippen LogP contribution in [0.3, 0.4) is 0 Å². The molecule has 6 heteroatoms. The van der Waals surface area contributed by atoms with E-state index in [4.69, 9.17) is 9.47 Å². The van der Waals surface area contributed by atoms with E-state index in [9.17, 15) is 9.59 Å². The van der Waals surface area contributed by atoms with Crippen LogP contribution in [0.1, 0.15) is 20.7 Å². The van der Waals surface area contributed by atoms with E-state index in [1.54, 1.807) is 69.7 Å². The summed E-state index contributed by atoms with van der Waals surface area (Å²) in [5, 5.41) is 2.80. The number of anilines is 1. The van der Waals surface area contributed by atoms with Gasteiger partial charge in [-0.2, -0.15) is 0 Å². The fourth-order valence-electron chi connectivity index (χ4n) is 2.22. The van der Waals surface area contributed by atoms with Crippen LogP contribution < -0.4 is 10.1 Å². The Morgan fingerprint density at radius 3 is 2.28 bits per heavy atom. The molecule has 1 N–H and O–H groups in total. The van der Waals surface area contributed by atoms with E-state index < -0.39 is 0 Å². The van der Waals surface area contributed by atoms with Crippen molar-refractivity contribution >= 4 is 17.5 Å². The number of para-hydroxylation sites is 2. The van der Waals surface area contributed by atoms with E-state index >= 15 is 0 Å². The molecule has 0 aliphatic carbocycles. The first-order valence-corrected chi connectivity index (χ1v) is 7.87. The molecule has 132 valence electrons. The van der Waals surface area contributed by atoms with Gasteiger partial charge in [0.25, 0.3) is 11.8 Å². The number of methoxy groups -OCH3 is 1. The monoisotopic (exact) mass is 342 g/mol. The van der Waals surface area contributed by atoms with Crippen molar-refractivity contribution in [2.75, 3.05) is 39.7 Å². The fraction of sp³-hybridized carbons (Fsp3) is 0.263. The Kier molecular flexibility index (Phi) is 6.54. The van der Waals surface area contributed by atoms with Gasteiger partial charge in [-0.3, -0.25) is 9.59 Å². The Hall–Kier alpha value is -2.86. The normalized spacial score (nSPS) is 10.2. The average Bonchev–Trinajstić information content (AvgIpc) is 2.62. The van der Waals surface area contributed by atoms with E-state index in [1.165, 1.54) is 4.90 Å². The largest absolute Gasteiger partial charge is 0.490 e. The molecule has 0 spiro atoms. The lowest BCUT2D eigenvalue weighted by molar-refractivity contribution is 0.0828. The van der Waals surface area contributed by atoms with Crippen LogP contribution in [0.4, 0.5) is 5.69 Å². The first kappa shape index (κ1) is 18.5. The lowest BCUT2D eigenvalue weighted by Crippen LogP contribution is -2.24. The van der Waals surface area contributed by atoms with Crippen LogP contribution in [0.5, 0.6) is 5.75 Å². The highest BCUT2D eigenvalue weighted by Crippen LogP contribution is 2.22. The molecule has 0 unspecified atom stereocenters. The summed E-state index contributed by atoms with van der Waals surface area (Å²) in [7, 11) is 4.92. The van der Waals surface area contributed by atoms with Gasteiger partial charge in [0.15, 0.2) is 0 Å². The second kappa shape index (κ2) is 8.84. The van der Waals surface area contributed by atoms with Crippen molar-refractivity contribution in [3.63, 3.8) is 0 Å². The first-order chi connectivity index (χ1) is 12.0. The molecule has 2 aromatic rings. The number of nitrogens with zero attached hydrogens (tertiary/aromatic N) is 1. The average molecular weight is 342 g/mol. The summed E-state index contributed by atoms with van der Waals surface area (Å²) in [6.45, 7) is 0.770. The second-order valence-electron chi connectivity index (χ2n) is 5.54. The number of amides is 2. The first-order valence-electron chi connectivity index (χ1n) is 7.87. The Morgan fingerprint density at radius 2 is 1.60 bits per heavy atom. The van der Waals surface area contributed by atoms with Gasteiger partial charge in [-0.25, -0.2) is 0 Å². The number of carbonyl (C=O) groups is 2. The number of carbonyl (C=O) groups excluding carboxylic acids is 2. The van der Waals surface area contributed by atoms with Crippen molar-refractivity contribution in [2.45, 2.75) is 0 Å². The minimum Gasteiger partial charge on any atom is -0.490 e. The Bertz CT molecular complexity index is 744. The molecule has 0 bridgehead atoms. The Labute approximate surface area is 147 Å². The number of rotatable bonds is 7. The van der Waals surface area contributed by atoms with E-state index in [2.05, 4.69) is 5.32 Å². The SMILES string of the molecule is COCCOc1ccccc1C(=O)Nc1ccccc1C(=O)N(C)C. The maximum absolute atomic E-state index is 12.7. The van der Waals surface area contributed by atoms with Crippen LogP contribution in [0, 0.1) is 0 Å². The van der Waals surface area contributed by atoms with Gasteiger partial charge in [-0.15, -0.1) is 0 Å². The van der Waals surface area contributed by atoms with E-state index in [-0.39, 0.29) is 11.8 Å². The third kappa shape index (κ3) is 4.81. The van der Waals surface area contributed by atoms with E-state index in [1.807, 2.05) is 0 Å². The molecule has 2 amide bonds. The molecule has 6 nitrogen and oxygen atoms in total. The molecule has 0 aliphatic heterocycles. The molecule has 0 radical (unpaired) electrons. The summed E-state index contributed by atoms with van der Waals surface area (Å²) in [5.74, 6) is -0.0546. The number of benzene rings is 2. The van der Waals surface area contributed by atoms with E-state index in [0.717, 1.165) is 0 Å². The highest BCUT2D eigenvalue weighted by molar-refractivity contribution is 6.10. The van der Waals surface area contributed by atoms with Gasteiger partial charge >= 0.3 is 0 Å². The van der Waals surface area contributed by atoms with Crippen molar-refractivity contribution in [3.8, 4) is 5.75 Å². The second-order valence-corrected chi connectivity index (χ2v) is 5.54. The van der Waals surface area contributed by atoms with Crippen LogP contribution in [0.15, 0.2) is 48.5 Å². The predicted octanol–water partition coefficient (Wildman–Crippen LogP) is 2.67. The summed E-state index contributed by atoms with van der Waals surface area (Å²) in [6.07, 6.45) is 0. The third-order valence-corrected chi connectivity index (χ3v) is 3.49. The molecule has 0 saturated heterocycles. The maximum Gasteiger partial charge on any atom is 0.259 e. The van der Waals surface area contributed by atoms with Crippen LogP contribution in [0.2, 0.25) is 0 Å². The minimum atomic E-state index is -0.341. The third-order valence-electron chi connectivity index (χ3n) is 3.49. The molecule has 0 saturated carbocycles. The molecule has 0 aliphatic rings. The minimum absolute atomic E-state index is 0.180. The summed E-state index contributed by atoms with van der Waals surface area (Å²) in [6, 6.07) is 13.9. The quantitative estimate of drug-likeness (QED) is 0.786. The molecule has 2 aromatic carbocycles. The summed E-state index contributed by atoms with van der Waals surface area (Å²) >= 11 is 0. The van der Waals surface area contributed by atoms with Gasteiger partial charge in [0.1, 0.15) is 12.4 Å². The fourth-order valence-corrected chi connectivity index (χ4v) is 2.22.